The van der Waals surface area contributed by atoms with Crippen LogP contribution in [0.4, 0.5) is 5.69 Å². The van der Waals surface area contributed by atoms with Crippen LogP contribution in [-0.2, 0) is 0 Å². The van der Waals surface area contributed by atoms with Crippen LogP contribution in [0.3, 0.4) is 0 Å². The van der Waals surface area contributed by atoms with Gasteiger partial charge >= 0.3 is 0 Å². The van der Waals surface area contributed by atoms with Gasteiger partial charge in [0.1, 0.15) is 5.75 Å². The zero-order valence-electron chi connectivity index (χ0n) is 12.8. The second kappa shape index (κ2) is 6.89. The van der Waals surface area contributed by atoms with Crippen molar-refractivity contribution in [2.75, 3.05) is 25.0 Å². The number of nitrogens with zero attached hydrogens (tertiary/aromatic N) is 1. The van der Waals surface area contributed by atoms with Crippen molar-refractivity contribution in [1.82, 2.24) is 4.90 Å². The highest BCUT2D eigenvalue weighted by atomic mass is 35.5. The molecule has 0 spiro atoms. The number of piperidine rings is 1. The van der Waals surface area contributed by atoms with Gasteiger partial charge in [0.25, 0.3) is 0 Å². The molecular weight excluding hydrogens is 284 g/mol. The first kappa shape index (κ1) is 15.0. The highest BCUT2D eigenvalue weighted by Gasteiger charge is 2.31. The SMILES string of the molecule is CCCOc1ccc(Cl)cc1NC1CCN2CCCC2C1. The summed E-state index contributed by atoms with van der Waals surface area (Å²) in [6.07, 6.45) is 6.17. The van der Waals surface area contributed by atoms with Crippen LogP contribution in [0.25, 0.3) is 0 Å². The van der Waals surface area contributed by atoms with Crippen molar-refractivity contribution in [2.24, 2.45) is 0 Å². The van der Waals surface area contributed by atoms with Crippen LogP contribution in [0, 0.1) is 0 Å². The maximum absolute atomic E-state index is 6.15. The van der Waals surface area contributed by atoms with Crippen molar-refractivity contribution in [2.45, 2.75) is 51.1 Å². The molecule has 2 unspecified atom stereocenters. The number of fused-ring (bicyclic) bond motifs is 1. The summed E-state index contributed by atoms with van der Waals surface area (Å²) in [5.41, 5.74) is 1.05. The molecule has 0 aromatic heterocycles. The standard InChI is InChI=1S/C17H25ClN2O/c1-2-10-21-17-6-5-13(18)11-16(17)19-14-7-9-20-8-3-4-15(20)12-14/h5-6,11,14-15,19H,2-4,7-10,12H2,1H3. The predicted octanol–water partition coefficient (Wildman–Crippen LogP) is 4.17. The number of nitrogens with one attached hydrogen (secondary N) is 1. The predicted molar refractivity (Wildman–Crippen MR) is 88.5 cm³/mol. The molecule has 2 aliphatic heterocycles. The molecule has 0 amide bonds. The zero-order valence-corrected chi connectivity index (χ0v) is 13.5. The third-order valence-corrected chi connectivity index (χ3v) is 4.82. The normalized spacial score (nSPS) is 25.6. The number of anilines is 1. The van der Waals surface area contributed by atoms with Crippen LogP contribution in [0.1, 0.15) is 39.0 Å². The Bertz CT molecular complexity index is 480. The molecule has 3 rings (SSSR count). The fourth-order valence-corrected chi connectivity index (χ4v) is 3.70. The molecule has 2 aliphatic rings. The second-order valence-corrected chi connectivity index (χ2v) is 6.62. The number of halogens is 1. The van der Waals surface area contributed by atoms with E-state index in [4.69, 9.17) is 16.3 Å². The van der Waals surface area contributed by atoms with Crippen LogP contribution >= 0.6 is 11.6 Å². The fourth-order valence-electron chi connectivity index (χ4n) is 3.53. The van der Waals surface area contributed by atoms with Crippen LogP contribution in [0.15, 0.2) is 18.2 Å². The van der Waals surface area contributed by atoms with Crippen molar-refractivity contribution in [3.05, 3.63) is 23.2 Å². The summed E-state index contributed by atoms with van der Waals surface area (Å²) in [4.78, 5) is 2.64. The molecule has 2 saturated heterocycles. The van der Waals surface area contributed by atoms with Crippen molar-refractivity contribution in [3.8, 4) is 5.75 Å². The van der Waals surface area contributed by atoms with E-state index in [0.717, 1.165) is 35.5 Å². The summed E-state index contributed by atoms with van der Waals surface area (Å²) in [5.74, 6) is 0.926. The highest BCUT2D eigenvalue weighted by molar-refractivity contribution is 6.30. The maximum Gasteiger partial charge on any atom is 0.142 e. The number of benzene rings is 1. The van der Waals surface area contributed by atoms with E-state index >= 15 is 0 Å². The molecule has 0 aliphatic carbocycles. The minimum atomic E-state index is 0.534. The minimum Gasteiger partial charge on any atom is -0.491 e. The Morgan fingerprint density at radius 3 is 3.10 bits per heavy atom. The quantitative estimate of drug-likeness (QED) is 0.883. The monoisotopic (exact) mass is 308 g/mol. The van der Waals surface area contributed by atoms with Gasteiger partial charge in [-0.05, 0) is 56.8 Å². The average molecular weight is 309 g/mol. The van der Waals surface area contributed by atoms with E-state index in [1.807, 2.05) is 18.2 Å². The first-order chi connectivity index (χ1) is 10.3. The molecule has 2 fully saturated rings. The zero-order chi connectivity index (χ0) is 14.7. The van der Waals surface area contributed by atoms with Gasteiger partial charge in [0.05, 0.1) is 12.3 Å². The third kappa shape index (κ3) is 3.64. The van der Waals surface area contributed by atoms with E-state index < -0.39 is 0 Å². The topological polar surface area (TPSA) is 24.5 Å². The van der Waals surface area contributed by atoms with Crippen molar-refractivity contribution >= 4 is 17.3 Å². The van der Waals surface area contributed by atoms with Gasteiger partial charge < -0.3 is 15.0 Å². The van der Waals surface area contributed by atoms with E-state index in [-0.39, 0.29) is 0 Å². The first-order valence-corrected chi connectivity index (χ1v) is 8.57. The molecule has 1 aromatic carbocycles. The molecule has 4 heteroatoms. The van der Waals surface area contributed by atoms with Gasteiger partial charge in [-0.25, -0.2) is 0 Å². The molecule has 3 nitrogen and oxygen atoms in total. The van der Waals surface area contributed by atoms with Crippen molar-refractivity contribution in [3.63, 3.8) is 0 Å². The molecule has 116 valence electrons. The van der Waals surface area contributed by atoms with Crippen LogP contribution in [0.5, 0.6) is 5.75 Å². The second-order valence-electron chi connectivity index (χ2n) is 6.19. The maximum atomic E-state index is 6.15. The Morgan fingerprint density at radius 1 is 1.33 bits per heavy atom. The summed E-state index contributed by atoms with van der Waals surface area (Å²) in [5, 5.41) is 4.44. The van der Waals surface area contributed by atoms with E-state index in [2.05, 4.69) is 17.1 Å². The minimum absolute atomic E-state index is 0.534. The summed E-state index contributed by atoms with van der Waals surface area (Å²) in [6.45, 7) is 5.38. The number of rotatable bonds is 5. The van der Waals surface area contributed by atoms with E-state index in [1.54, 1.807) is 0 Å². The van der Waals surface area contributed by atoms with Crippen LogP contribution in [0.2, 0.25) is 5.02 Å². The largest absolute Gasteiger partial charge is 0.491 e. The Hall–Kier alpha value is -0.930. The van der Waals surface area contributed by atoms with Gasteiger partial charge in [-0.3, -0.25) is 0 Å². The van der Waals surface area contributed by atoms with E-state index in [9.17, 15) is 0 Å². The average Bonchev–Trinajstić information content (AvgIpc) is 2.94. The van der Waals surface area contributed by atoms with Gasteiger partial charge in [0.2, 0.25) is 0 Å². The number of hydrogen-bond acceptors (Lipinski definition) is 3. The lowest BCUT2D eigenvalue weighted by Crippen LogP contribution is -2.42. The van der Waals surface area contributed by atoms with E-state index in [1.165, 1.54) is 38.8 Å². The molecular formula is C17H25ClN2O. The van der Waals surface area contributed by atoms with Gasteiger partial charge in [-0.2, -0.15) is 0 Å². The molecule has 0 radical (unpaired) electrons. The molecule has 0 saturated carbocycles. The van der Waals surface area contributed by atoms with Gasteiger partial charge in [0.15, 0.2) is 0 Å². The summed E-state index contributed by atoms with van der Waals surface area (Å²) in [6, 6.07) is 7.18. The van der Waals surface area contributed by atoms with Crippen LogP contribution in [-0.4, -0.2) is 36.7 Å². The molecule has 0 bridgehead atoms. The molecule has 2 heterocycles. The fraction of sp³-hybridized carbons (Fsp3) is 0.647. The van der Waals surface area contributed by atoms with Gasteiger partial charge in [0, 0.05) is 23.7 Å². The highest BCUT2D eigenvalue weighted by Crippen LogP contribution is 2.33. The third-order valence-electron chi connectivity index (χ3n) is 4.58. The molecule has 1 aromatic rings. The Kier molecular flexibility index (Phi) is 4.91. The van der Waals surface area contributed by atoms with Crippen molar-refractivity contribution < 1.29 is 4.74 Å². The van der Waals surface area contributed by atoms with Gasteiger partial charge in [-0.15, -0.1) is 0 Å². The lowest BCUT2D eigenvalue weighted by Gasteiger charge is -2.35. The number of ether oxygens (including phenoxy) is 1. The summed E-state index contributed by atoms with van der Waals surface area (Å²) < 4.78 is 5.84. The molecule has 2 atom stereocenters. The van der Waals surface area contributed by atoms with Crippen molar-refractivity contribution in [1.29, 1.82) is 0 Å². The lowest BCUT2D eigenvalue weighted by molar-refractivity contribution is 0.188. The van der Waals surface area contributed by atoms with E-state index in [0.29, 0.717) is 6.04 Å². The Balaban J connectivity index is 1.67. The molecule has 21 heavy (non-hydrogen) atoms. The number of hydrogen-bond donors (Lipinski definition) is 1. The smallest absolute Gasteiger partial charge is 0.142 e. The first-order valence-electron chi connectivity index (χ1n) is 8.19. The Morgan fingerprint density at radius 2 is 2.24 bits per heavy atom. The molecule has 1 N–H and O–H groups in total. The lowest BCUT2D eigenvalue weighted by atomic mass is 9.97. The summed E-state index contributed by atoms with van der Waals surface area (Å²) in [7, 11) is 0. The summed E-state index contributed by atoms with van der Waals surface area (Å²) >= 11 is 6.15. The van der Waals surface area contributed by atoms with Crippen LogP contribution < -0.4 is 10.1 Å². The Labute approximate surface area is 132 Å². The van der Waals surface area contributed by atoms with Gasteiger partial charge in [-0.1, -0.05) is 18.5 Å².